The Morgan fingerprint density at radius 3 is 2.50 bits per heavy atom. The Balaban J connectivity index is 2.06. The largest absolute Gasteiger partial charge is 0.497 e. The standard InChI is InChI=1S/C17H22N2O/c1-13(15-7-9-16(18)10-8-15)19(2)12-14-5-4-6-17(11-14)20-3/h4-11,13H,12,18H2,1-3H3. The molecule has 0 bridgehead atoms. The van der Waals surface area contributed by atoms with Gasteiger partial charge in [0.1, 0.15) is 5.75 Å². The third-order valence-corrected chi connectivity index (χ3v) is 3.65. The molecular weight excluding hydrogens is 248 g/mol. The van der Waals surface area contributed by atoms with Gasteiger partial charge in [0.05, 0.1) is 7.11 Å². The number of nitrogen functional groups attached to an aromatic ring is 1. The van der Waals surface area contributed by atoms with Crippen molar-refractivity contribution >= 4 is 5.69 Å². The van der Waals surface area contributed by atoms with E-state index in [1.807, 2.05) is 24.3 Å². The molecule has 2 aromatic rings. The minimum absolute atomic E-state index is 0.335. The molecular formula is C17H22N2O. The number of hydrogen-bond donors (Lipinski definition) is 1. The Bertz CT molecular complexity index is 551. The summed E-state index contributed by atoms with van der Waals surface area (Å²) in [6, 6.07) is 16.6. The quantitative estimate of drug-likeness (QED) is 0.845. The van der Waals surface area contributed by atoms with Gasteiger partial charge in [0, 0.05) is 18.3 Å². The van der Waals surface area contributed by atoms with Crippen LogP contribution in [0, 0.1) is 0 Å². The maximum absolute atomic E-state index is 5.73. The van der Waals surface area contributed by atoms with E-state index < -0.39 is 0 Å². The van der Waals surface area contributed by atoms with Crippen molar-refractivity contribution in [2.45, 2.75) is 19.5 Å². The molecule has 2 rings (SSSR count). The highest BCUT2D eigenvalue weighted by molar-refractivity contribution is 5.40. The fourth-order valence-corrected chi connectivity index (χ4v) is 2.22. The third-order valence-electron chi connectivity index (χ3n) is 3.65. The molecule has 0 saturated carbocycles. The molecule has 0 saturated heterocycles. The number of rotatable bonds is 5. The summed E-state index contributed by atoms with van der Waals surface area (Å²) in [5.41, 5.74) is 9.05. The summed E-state index contributed by atoms with van der Waals surface area (Å²) in [5, 5.41) is 0. The Hall–Kier alpha value is -2.00. The molecule has 0 aromatic heterocycles. The highest BCUT2D eigenvalue weighted by Gasteiger charge is 2.12. The molecule has 0 aliphatic heterocycles. The van der Waals surface area contributed by atoms with Crippen molar-refractivity contribution in [1.29, 1.82) is 0 Å². The number of anilines is 1. The van der Waals surface area contributed by atoms with Crippen LogP contribution in [0.4, 0.5) is 5.69 Å². The highest BCUT2D eigenvalue weighted by atomic mass is 16.5. The average molecular weight is 270 g/mol. The van der Waals surface area contributed by atoms with Gasteiger partial charge in [-0.1, -0.05) is 24.3 Å². The van der Waals surface area contributed by atoms with Crippen LogP contribution < -0.4 is 10.5 Å². The molecule has 0 amide bonds. The molecule has 0 fully saturated rings. The minimum atomic E-state index is 0.335. The lowest BCUT2D eigenvalue weighted by Crippen LogP contribution is -2.21. The van der Waals surface area contributed by atoms with E-state index in [1.54, 1.807) is 7.11 Å². The number of hydrogen-bond acceptors (Lipinski definition) is 3. The molecule has 0 radical (unpaired) electrons. The lowest BCUT2D eigenvalue weighted by Gasteiger charge is -2.25. The van der Waals surface area contributed by atoms with E-state index in [0.717, 1.165) is 18.0 Å². The Kier molecular flexibility index (Phi) is 4.64. The molecule has 2 N–H and O–H groups in total. The first kappa shape index (κ1) is 14.4. The van der Waals surface area contributed by atoms with Gasteiger partial charge in [-0.15, -0.1) is 0 Å². The van der Waals surface area contributed by atoms with E-state index >= 15 is 0 Å². The molecule has 0 spiro atoms. The van der Waals surface area contributed by atoms with Gasteiger partial charge in [-0.3, -0.25) is 4.90 Å². The first-order valence-electron chi connectivity index (χ1n) is 6.79. The molecule has 3 heteroatoms. The lowest BCUT2D eigenvalue weighted by atomic mass is 10.1. The Morgan fingerprint density at radius 2 is 1.85 bits per heavy atom. The van der Waals surface area contributed by atoms with E-state index in [0.29, 0.717) is 6.04 Å². The number of benzene rings is 2. The predicted octanol–water partition coefficient (Wildman–Crippen LogP) is 3.47. The smallest absolute Gasteiger partial charge is 0.119 e. The second-order valence-corrected chi connectivity index (χ2v) is 5.11. The third kappa shape index (κ3) is 3.52. The zero-order valence-electron chi connectivity index (χ0n) is 12.3. The first-order chi connectivity index (χ1) is 9.60. The predicted molar refractivity (Wildman–Crippen MR) is 83.7 cm³/mol. The number of nitrogens with zero attached hydrogens (tertiary/aromatic N) is 1. The molecule has 0 aliphatic rings. The van der Waals surface area contributed by atoms with Crippen LogP contribution in [-0.4, -0.2) is 19.1 Å². The summed E-state index contributed by atoms with van der Waals surface area (Å²) in [7, 11) is 3.82. The fourth-order valence-electron chi connectivity index (χ4n) is 2.22. The maximum atomic E-state index is 5.73. The van der Waals surface area contributed by atoms with Crippen molar-refractivity contribution in [2.75, 3.05) is 19.9 Å². The van der Waals surface area contributed by atoms with Crippen molar-refractivity contribution in [3.05, 3.63) is 59.7 Å². The molecule has 20 heavy (non-hydrogen) atoms. The van der Waals surface area contributed by atoms with Crippen molar-refractivity contribution in [3.8, 4) is 5.75 Å². The highest BCUT2D eigenvalue weighted by Crippen LogP contribution is 2.22. The van der Waals surface area contributed by atoms with E-state index in [2.05, 4.69) is 43.1 Å². The Labute approximate surface area is 121 Å². The van der Waals surface area contributed by atoms with Gasteiger partial charge in [0.2, 0.25) is 0 Å². The number of methoxy groups -OCH3 is 1. The SMILES string of the molecule is COc1cccc(CN(C)C(C)c2ccc(N)cc2)c1. The second kappa shape index (κ2) is 6.44. The zero-order chi connectivity index (χ0) is 14.5. The topological polar surface area (TPSA) is 38.5 Å². The van der Waals surface area contributed by atoms with Crippen LogP contribution in [0.1, 0.15) is 24.1 Å². The minimum Gasteiger partial charge on any atom is -0.497 e. The molecule has 0 heterocycles. The van der Waals surface area contributed by atoms with E-state index in [4.69, 9.17) is 10.5 Å². The van der Waals surface area contributed by atoms with Crippen LogP contribution >= 0.6 is 0 Å². The molecule has 3 nitrogen and oxygen atoms in total. The van der Waals surface area contributed by atoms with Crippen LogP contribution in [0.25, 0.3) is 0 Å². The average Bonchev–Trinajstić information content (AvgIpc) is 2.47. The first-order valence-corrected chi connectivity index (χ1v) is 6.79. The van der Waals surface area contributed by atoms with Crippen LogP contribution in [0.3, 0.4) is 0 Å². The fraction of sp³-hybridized carbons (Fsp3) is 0.294. The maximum Gasteiger partial charge on any atom is 0.119 e. The summed E-state index contributed by atoms with van der Waals surface area (Å²) in [5.74, 6) is 0.899. The molecule has 1 unspecified atom stereocenters. The normalized spacial score (nSPS) is 12.4. The molecule has 0 aliphatic carbocycles. The van der Waals surface area contributed by atoms with E-state index in [9.17, 15) is 0 Å². The van der Waals surface area contributed by atoms with Gasteiger partial charge in [0.15, 0.2) is 0 Å². The van der Waals surface area contributed by atoms with Crippen molar-refractivity contribution < 1.29 is 4.74 Å². The monoisotopic (exact) mass is 270 g/mol. The van der Waals surface area contributed by atoms with Crippen molar-refractivity contribution in [3.63, 3.8) is 0 Å². The Morgan fingerprint density at radius 1 is 1.15 bits per heavy atom. The van der Waals surface area contributed by atoms with Crippen LogP contribution in [-0.2, 0) is 6.54 Å². The van der Waals surface area contributed by atoms with Gasteiger partial charge in [0.25, 0.3) is 0 Å². The number of ether oxygens (including phenoxy) is 1. The van der Waals surface area contributed by atoms with Crippen LogP contribution in [0.2, 0.25) is 0 Å². The van der Waals surface area contributed by atoms with Gasteiger partial charge in [-0.2, -0.15) is 0 Å². The second-order valence-electron chi connectivity index (χ2n) is 5.11. The van der Waals surface area contributed by atoms with Gasteiger partial charge < -0.3 is 10.5 Å². The lowest BCUT2D eigenvalue weighted by molar-refractivity contribution is 0.253. The van der Waals surface area contributed by atoms with Gasteiger partial charge >= 0.3 is 0 Å². The van der Waals surface area contributed by atoms with Crippen LogP contribution in [0.5, 0.6) is 5.75 Å². The van der Waals surface area contributed by atoms with E-state index in [1.165, 1.54) is 11.1 Å². The van der Waals surface area contributed by atoms with E-state index in [-0.39, 0.29) is 0 Å². The summed E-state index contributed by atoms with van der Waals surface area (Å²) >= 11 is 0. The summed E-state index contributed by atoms with van der Waals surface area (Å²) in [4.78, 5) is 2.31. The summed E-state index contributed by atoms with van der Waals surface area (Å²) in [6.07, 6.45) is 0. The van der Waals surface area contributed by atoms with Crippen molar-refractivity contribution in [2.24, 2.45) is 0 Å². The summed E-state index contributed by atoms with van der Waals surface area (Å²) in [6.45, 7) is 3.08. The summed E-state index contributed by atoms with van der Waals surface area (Å²) < 4.78 is 5.26. The van der Waals surface area contributed by atoms with Gasteiger partial charge in [-0.25, -0.2) is 0 Å². The molecule has 2 aromatic carbocycles. The van der Waals surface area contributed by atoms with Gasteiger partial charge in [-0.05, 0) is 49.4 Å². The van der Waals surface area contributed by atoms with Crippen LogP contribution in [0.15, 0.2) is 48.5 Å². The number of nitrogens with two attached hydrogens (primary N) is 1. The molecule has 1 atom stereocenters. The molecule has 106 valence electrons. The zero-order valence-corrected chi connectivity index (χ0v) is 12.3. The van der Waals surface area contributed by atoms with Crippen molar-refractivity contribution in [1.82, 2.24) is 4.90 Å².